The lowest BCUT2D eigenvalue weighted by Gasteiger charge is -2.12. The summed E-state index contributed by atoms with van der Waals surface area (Å²) in [6.07, 6.45) is -2.16. The van der Waals surface area contributed by atoms with Gasteiger partial charge in [0.25, 0.3) is 0 Å². The molecule has 0 bridgehead atoms. The van der Waals surface area contributed by atoms with Gasteiger partial charge in [0, 0.05) is 32.4 Å². The van der Waals surface area contributed by atoms with Gasteiger partial charge in [-0.2, -0.15) is 13.2 Å². The van der Waals surface area contributed by atoms with Crippen LogP contribution < -0.4 is 24.8 Å². The number of pyridine rings is 1. The molecule has 29 heavy (non-hydrogen) atoms. The average Bonchev–Trinajstić information content (AvgIpc) is 3.17. The molecule has 2 N–H and O–H groups in total. The fraction of sp³-hybridized carbons (Fsp3) is 0.368. The molecule has 1 aliphatic rings. The van der Waals surface area contributed by atoms with Crippen molar-refractivity contribution in [3.8, 4) is 17.4 Å². The van der Waals surface area contributed by atoms with E-state index in [1.54, 1.807) is 13.1 Å². The molecular formula is C19H21F3N4O3. The van der Waals surface area contributed by atoms with Crippen LogP contribution in [0.15, 0.2) is 41.5 Å². The van der Waals surface area contributed by atoms with E-state index >= 15 is 0 Å². The first-order valence-electron chi connectivity index (χ1n) is 8.90. The van der Waals surface area contributed by atoms with Crippen molar-refractivity contribution in [3.05, 3.63) is 47.7 Å². The van der Waals surface area contributed by atoms with Gasteiger partial charge in [0.1, 0.15) is 0 Å². The zero-order valence-corrected chi connectivity index (χ0v) is 15.8. The van der Waals surface area contributed by atoms with Gasteiger partial charge in [-0.3, -0.25) is 4.99 Å². The molecule has 10 heteroatoms. The van der Waals surface area contributed by atoms with Crippen LogP contribution in [0.1, 0.15) is 11.1 Å². The number of alkyl halides is 3. The second-order valence-electron chi connectivity index (χ2n) is 6.20. The number of guanidine groups is 1. The molecule has 156 valence electrons. The lowest BCUT2D eigenvalue weighted by atomic mass is 10.1. The van der Waals surface area contributed by atoms with Gasteiger partial charge in [-0.1, -0.05) is 12.1 Å². The van der Waals surface area contributed by atoms with Gasteiger partial charge < -0.3 is 24.8 Å². The summed E-state index contributed by atoms with van der Waals surface area (Å²) >= 11 is 0. The molecule has 7 nitrogen and oxygen atoms in total. The summed E-state index contributed by atoms with van der Waals surface area (Å²) in [5.41, 5.74) is 1.89. The molecule has 2 heterocycles. The predicted molar refractivity (Wildman–Crippen MR) is 100 cm³/mol. The van der Waals surface area contributed by atoms with Crippen LogP contribution >= 0.6 is 0 Å². The van der Waals surface area contributed by atoms with Crippen LogP contribution in [0.5, 0.6) is 17.4 Å². The third-order valence-corrected chi connectivity index (χ3v) is 4.01. The van der Waals surface area contributed by atoms with Gasteiger partial charge in [-0.15, -0.1) is 0 Å². The molecular weight excluding hydrogens is 389 g/mol. The van der Waals surface area contributed by atoms with Crippen LogP contribution in [0.4, 0.5) is 13.2 Å². The summed E-state index contributed by atoms with van der Waals surface area (Å²) in [6, 6.07) is 8.87. The number of ether oxygens (including phenoxy) is 3. The lowest BCUT2D eigenvalue weighted by Crippen LogP contribution is -2.37. The maximum atomic E-state index is 12.1. The smallest absolute Gasteiger partial charge is 0.422 e. The van der Waals surface area contributed by atoms with Gasteiger partial charge in [-0.25, -0.2) is 4.98 Å². The summed E-state index contributed by atoms with van der Waals surface area (Å²) in [4.78, 5) is 8.02. The second kappa shape index (κ2) is 9.35. The normalized spacial score (nSPS) is 13.3. The monoisotopic (exact) mass is 410 g/mol. The molecule has 0 aliphatic carbocycles. The molecule has 0 saturated heterocycles. The molecule has 2 aromatic rings. The van der Waals surface area contributed by atoms with Crippen molar-refractivity contribution in [2.75, 3.05) is 27.0 Å². The fourth-order valence-corrected chi connectivity index (χ4v) is 2.58. The number of nitrogens with zero attached hydrogens (tertiary/aromatic N) is 2. The number of hydrogen-bond donors (Lipinski definition) is 2. The Labute approximate surface area is 165 Å². The molecule has 0 radical (unpaired) electrons. The Kier molecular flexibility index (Phi) is 6.63. The van der Waals surface area contributed by atoms with Gasteiger partial charge in [0.05, 0.1) is 0 Å². The fourth-order valence-electron chi connectivity index (χ4n) is 2.58. The van der Waals surface area contributed by atoms with Crippen LogP contribution in [0.25, 0.3) is 0 Å². The van der Waals surface area contributed by atoms with Crippen molar-refractivity contribution in [1.82, 2.24) is 15.6 Å². The number of aromatic nitrogens is 1. The van der Waals surface area contributed by atoms with Crippen LogP contribution in [-0.4, -0.2) is 44.1 Å². The largest absolute Gasteiger partial charge is 0.468 e. The topological polar surface area (TPSA) is 77.0 Å². The van der Waals surface area contributed by atoms with Crippen LogP contribution in [-0.2, 0) is 13.0 Å². The first-order valence-corrected chi connectivity index (χ1v) is 8.90. The molecule has 1 aromatic heterocycles. The van der Waals surface area contributed by atoms with E-state index in [4.69, 9.17) is 9.47 Å². The van der Waals surface area contributed by atoms with Crippen LogP contribution in [0.2, 0.25) is 0 Å². The second-order valence-corrected chi connectivity index (χ2v) is 6.20. The molecule has 0 spiro atoms. The number of fused-ring (bicyclic) bond motifs is 1. The maximum absolute atomic E-state index is 12.1. The van der Waals surface area contributed by atoms with E-state index in [2.05, 4.69) is 25.3 Å². The quantitative estimate of drug-likeness (QED) is 0.540. The van der Waals surface area contributed by atoms with E-state index in [1.165, 1.54) is 12.3 Å². The van der Waals surface area contributed by atoms with E-state index in [0.717, 1.165) is 29.0 Å². The summed E-state index contributed by atoms with van der Waals surface area (Å²) in [5.74, 6) is 2.03. The van der Waals surface area contributed by atoms with Gasteiger partial charge in [-0.05, 0) is 29.7 Å². The average molecular weight is 410 g/mol. The molecule has 3 rings (SSSR count). The molecule has 0 fully saturated rings. The van der Waals surface area contributed by atoms with Gasteiger partial charge in [0.2, 0.25) is 12.7 Å². The molecule has 0 saturated carbocycles. The zero-order valence-electron chi connectivity index (χ0n) is 15.8. The molecule has 1 aromatic carbocycles. The Morgan fingerprint density at radius 1 is 1.14 bits per heavy atom. The van der Waals surface area contributed by atoms with Crippen LogP contribution in [0.3, 0.4) is 0 Å². The highest BCUT2D eigenvalue weighted by molar-refractivity contribution is 5.79. The summed E-state index contributed by atoms with van der Waals surface area (Å²) in [7, 11) is 1.65. The van der Waals surface area contributed by atoms with Crippen molar-refractivity contribution < 1.29 is 27.4 Å². The minimum Gasteiger partial charge on any atom is -0.468 e. The highest BCUT2D eigenvalue weighted by atomic mass is 19.4. The van der Waals surface area contributed by atoms with Crippen LogP contribution in [0, 0.1) is 0 Å². The minimum atomic E-state index is -4.39. The number of halogens is 3. The van der Waals surface area contributed by atoms with Crippen molar-refractivity contribution in [1.29, 1.82) is 0 Å². The molecule has 0 atom stereocenters. The standard InChI is InChI=1S/C19H21F3N4O3/c1-23-18(24-7-6-13-2-4-15-16(8-13)29-12-28-15)26-10-14-3-5-17(25-9-14)27-11-19(20,21)22/h2-5,8-9H,6-7,10-12H2,1H3,(H2,23,24,26). The lowest BCUT2D eigenvalue weighted by molar-refractivity contribution is -0.154. The SMILES string of the molecule is CN=C(NCCc1ccc2c(c1)OCO2)NCc1ccc(OCC(F)(F)F)nc1. The summed E-state index contributed by atoms with van der Waals surface area (Å²) < 4.78 is 51.7. The van der Waals surface area contributed by atoms with Crippen molar-refractivity contribution >= 4 is 5.96 Å². The third-order valence-electron chi connectivity index (χ3n) is 4.01. The first kappa shape index (κ1) is 20.6. The third kappa shape index (κ3) is 6.44. The van der Waals surface area contributed by atoms with Crippen molar-refractivity contribution in [2.24, 2.45) is 4.99 Å². The Balaban J connectivity index is 1.41. The molecule has 1 aliphatic heterocycles. The summed E-state index contributed by atoms with van der Waals surface area (Å²) in [6.45, 7) is -0.0482. The number of benzene rings is 1. The van der Waals surface area contributed by atoms with Crippen molar-refractivity contribution in [3.63, 3.8) is 0 Å². The van der Waals surface area contributed by atoms with E-state index in [9.17, 15) is 13.2 Å². The van der Waals surface area contributed by atoms with E-state index < -0.39 is 12.8 Å². The van der Waals surface area contributed by atoms with Gasteiger partial charge >= 0.3 is 6.18 Å². The Morgan fingerprint density at radius 3 is 2.66 bits per heavy atom. The number of hydrogen-bond acceptors (Lipinski definition) is 5. The number of nitrogens with one attached hydrogen (secondary N) is 2. The Hall–Kier alpha value is -3.17. The molecule has 0 amide bonds. The number of aliphatic imine (C=N–C) groups is 1. The molecule has 0 unspecified atom stereocenters. The summed E-state index contributed by atoms with van der Waals surface area (Å²) in [5, 5.41) is 6.32. The predicted octanol–water partition coefficient (Wildman–Crippen LogP) is 2.66. The highest BCUT2D eigenvalue weighted by Gasteiger charge is 2.28. The van der Waals surface area contributed by atoms with E-state index in [-0.39, 0.29) is 12.7 Å². The van der Waals surface area contributed by atoms with E-state index in [1.807, 2.05) is 18.2 Å². The number of rotatable bonds is 7. The zero-order chi connectivity index (χ0) is 20.7. The Morgan fingerprint density at radius 2 is 1.93 bits per heavy atom. The highest BCUT2D eigenvalue weighted by Crippen LogP contribution is 2.32. The van der Waals surface area contributed by atoms with Crippen molar-refractivity contribution in [2.45, 2.75) is 19.1 Å². The minimum absolute atomic E-state index is 0.0719. The first-order chi connectivity index (χ1) is 13.9. The van der Waals surface area contributed by atoms with Gasteiger partial charge in [0.15, 0.2) is 24.1 Å². The van der Waals surface area contributed by atoms with E-state index in [0.29, 0.717) is 19.0 Å². The maximum Gasteiger partial charge on any atom is 0.422 e. The Bertz CT molecular complexity index is 842.